The zero-order valence-corrected chi connectivity index (χ0v) is 24.4. The minimum absolute atomic E-state index is 0.122. The van der Waals surface area contributed by atoms with Crippen LogP contribution in [0.1, 0.15) is 38.4 Å². The van der Waals surface area contributed by atoms with Gasteiger partial charge in [-0.3, -0.25) is 9.78 Å². The topological polar surface area (TPSA) is 89.5 Å². The summed E-state index contributed by atoms with van der Waals surface area (Å²) < 4.78 is 10.8. The highest BCUT2D eigenvalue weighted by molar-refractivity contribution is 7.98. The number of likely N-dealkylation sites (N-methyl/N-ethyl adjacent to an activating group) is 1. The van der Waals surface area contributed by atoms with E-state index in [1.807, 2.05) is 61.5 Å². The lowest BCUT2D eigenvalue weighted by atomic mass is 10.1. The maximum absolute atomic E-state index is 12.5. The zero-order valence-electron chi connectivity index (χ0n) is 23.6. The molecule has 4 rings (SSSR count). The molecular formula is C31H35N5O3S. The summed E-state index contributed by atoms with van der Waals surface area (Å²) in [6.07, 6.45) is 2.55. The first kappa shape index (κ1) is 28.9. The van der Waals surface area contributed by atoms with Gasteiger partial charge in [0.15, 0.2) is 16.7 Å². The molecule has 9 heteroatoms. The van der Waals surface area contributed by atoms with Gasteiger partial charge in [0.05, 0.1) is 26.5 Å². The normalized spacial score (nSPS) is 10.7. The van der Waals surface area contributed by atoms with Gasteiger partial charge in [-0.25, -0.2) is 9.97 Å². The Morgan fingerprint density at radius 3 is 2.40 bits per heavy atom. The number of benzene rings is 2. The van der Waals surface area contributed by atoms with Gasteiger partial charge in [0.25, 0.3) is 5.91 Å². The fraction of sp³-hybridized carbons (Fsp3) is 0.290. The van der Waals surface area contributed by atoms with Gasteiger partial charge in [-0.2, -0.15) is 0 Å². The van der Waals surface area contributed by atoms with Gasteiger partial charge in [0, 0.05) is 42.4 Å². The van der Waals surface area contributed by atoms with Gasteiger partial charge < -0.3 is 19.7 Å². The molecule has 8 nitrogen and oxygen atoms in total. The maximum Gasteiger partial charge on any atom is 0.251 e. The molecular weight excluding hydrogens is 522 g/mol. The van der Waals surface area contributed by atoms with E-state index in [-0.39, 0.29) is 5.91 Å². The van der Waals surface area contributed by atoms with Crippen molar-refractivity contribution >= 4 is 23.5 Å². The molecule has 0 aliphatic rings. The Balaban J connectivity index is 1.35. The molecule has 0 spiro atoms. The van der Waals surface area contributed by atoms with Gasteiger partial charge in [0.2, 0.25) is 0 Å². The number of hydrogen-bond donors (Lipinski definition) is 1. The Bertz CT molecular complexity index is 1430. The average molecular weight is 558 g/mol. The zero-order chi connectivity index (χ0) is 28.5. The Morgan fingerprint density at radius 1 is 0.950 bits per heavy atom. The Labute approximate surface area is 240 Å². The van der Waals surface area contributed by atoms with E-state index in [1.165, 1.54) is 0 Å². The number of rotatable bonds is 12. The molecule has 1 N–H and O–H groups in total. The van der Waals surface area contributed by atoms with Crippen LogP contribution in [0.15, 0.2) is 72.0 Å². The molecule has 0 fully saturated rings. The van der Waals surface area contributed by atoms with Crippen LogP contribution in [0.2, 0.25) is 0 Å². The number of carbonyl (C=O) groups is 1. The fourth-order valence-corrected chi connectivity index (χ4v) is 4.98. The molecule has 0 aliphatic carbocycles. The van der Waals surface area contributed by atoms with Crippen molar-refractivity contribution in [3.05, 3.63) is 101 Å². The molecule has 2 heterocycles. The highest BCUT2D eigenvalue weighted by atomic mass is 32.2. The number of hydrogen-bond acceptors (Lipinski definition) is 8. The molecule has 0 saturated heterocycles. The van der Waals surface area contributed by atoms with Crippen LogP contribution in [0.4, 0.5) is 5.82 Å². The lowest BCUT2D eigenvalue weighted by Crippen LogP contribution is -2.23. The molecule has 0 atom stereocenters. The van der Waals surface area contributed by atoms with E-state index in [0.29, 0.717) is 17.9 Å². The average Bonchev–Trinajstić information content (AvgIpc) is 2.99. The smallest absolute Gasteiger partial charge is 0.251 e. The maximum atomic E-state index is 12.5. The second-order valence-corrected chi connectivity index (χ2v) is 10.3. The number of amides is 1. The van der Waals surface area contributed by atoms with Crippen LogP contribution in [-0.4, -0.2) is 48.7 Å². The summed E-state index contributed by atoms with van der Waals surface area (Å²) in [5, 5.41) is 3.64. The molecule has 0 bridgehead atoms. The van der Waals surface area contributed by atoms with E-state index < -0.39 is 0 Å². The Kier molecular flexibility index (Phi) is 9.96. The summed E-state index contributed by atoms with van der Waals surface area (Å²) in [6, 6.07) is 19.3. The second-order valence-electron chi connectivity index (χ2n) is 9.39. The van der Waals surface area contributed by atoms with Crippen LogP contribution in [0.25, 0.3) is 0 Å². The van der Waals surface area contributed by atoms with E-state index in [1.54, 1.807) is 32.2 Å². The van der Waals surface area contributed by atoms with Crippen molar-refractivity contribution in [2.75, 3.05) is 32.7 Å². The van der Waals surface area contributed by atoms with Crippen LogP contribution in [0.3, 0.4) is 0 Å². The van der Waals surface area contributed by atoms with Gasteiger partial charge in [-0.1, -0.05) is 36.0 Å². The quantitative estimate of drug-likeness (QED) is 0.183. The number of carbonyl (C=O) groups excluding carboxylic acids is 1. The van der Waals surface area contributed by atoms with Crippen molar-refractivity contribution in [3.63, 3.8) is 0 Å². The van der Waals surface area contributed by atoms with Gasteiger partial charge in [0.1, 0.15) is 5.82 Å². The van der Waals surface area contributed by atoms with Crippen molar-refractivity contribution in [3.8, 4) is 11.5 Å². The molecule has 1 amide bonds. The molecule has 0 aliphatic heterocycles. The summed E-state index contributed by atoms with van der Waals surface area (Å²) in [7, 11) is 5.35. The number of aromatic nitrogens is 3. The van der Waals surface area contributed by atoms with Crippen LogP contribution < -0.4 is 19.7 Å². The first-order valence-corrected chi connectivity index (χ1v) is 14.0. The third-order valence-corrected chi connectivity index (χ3v) is 7.55. The molecule has 4 aromatic rings. The summed E-state index contributed by atoms with van der Waals surface area (Å²) in [5.74, 6) is 2.96. The van der Waals surface area contributed by atoms with E-state index in [4.69, 9.17) is 19.4 Å². The van der Waals surface area contributed by atoms with E-state index in [0.717, 1.165) is 63.5 Å². The molecule has 2 aromatic heterocycles. The predicted molar refractivity (Wildman–Crippen MR) is 159 cm³/mol. The first-order chi connectivity index (χ1) is 19.4. The van der Waals surface area contributed by atoms with Crippen LogP contribution >= 0.6 is 11.8 Å². The minimum atomic E-state index is -0.122. The first-order valence-electron chi connectivity index (χ1n) is 13.0. The number of nitrogens with one attached hydrogen (secondary N) is 1. The Morgan fingerprint density at radius 2 is 1.70 bits per heavy atom. The number of pyridine rings is 1. The lowest BCUT2D eigenvalue weighted by Gasteiger charge is -2.22. The summed E-state index contributed by atoms with van der Waals surface area (Å²) in [4.78, 5) is 28.5. The number of thioether (sulfide) groups is 1. The number of ether oxygens (including phenoxy) is 2. The molecule has 0 radical (unpaired) electrons. The second kappa shape index (κ2) is 13.8. The number of anilines is 1. The third kappa shape index (κ3) is 7.51. The van der Waals surface area contributed by atoms with Gasteiger partial charge in [-0.15, -0.1) is 0 Å². The van der Waals surface area contributed by atoms with Crippen molar-refractivity contribution in [1.29, 1.82) is 0 Å². The molecule has 0 unspecified atom stereocenters. The van der Waals surface area contributed by atoms with Crippen molar-refractivity contribution < 1.29 is 14.3 Å². The lowest BCUT2D eigenvalue weighted by molar-refractivity contribution is 0.0950. The minimum Gasteiger partial charge on any atom is -0.493 e. The van der Waals surface area contributed by atoms with E-state index in [9.17, 15) is 4.79 Å². The summed E-state index contributed by atoms with van der Waals surface area (Å²) in [5.41, 5.74) is 5.73. The standard InChI is InChI=1S/C31H35N5O3S/c1-21-22(2)34-31(35-29(21)36(3)17-15-23-11-14-27(38-4)28(18-23)39-5)40-20-24-9-12-25(13-10-24)30(37)33-19-26-8-6-7-16-32-26/h6-14,16,18H,15,17,19-20H2,1-5H3,(H,33,37). The third-order valence-electron chi connectivity index (χ3n) is 6.63. The molecule has 0 saturated carbocycles. The van der Waals surface area contributed by atoms with Crippen molar-refractivity contribution in [1.82, 2.24) is 20.3 Å². The highest BCUT2D eigenvalue weighted by Gasteiger charge is 2.14. The number of nitrogens with zero attached hydrogens (tertiary/aromatic N) is 4. The number of aryl methyl sites for hydroxylation is 1. The van der Waals surface area contributed by atoms with Crippen LogP contribution in [-0.2, 0) is 18.7 Å². The molecule has 208 valence electrons. The van der Waals surface area contributed by atoms with Crippen LogP contribution in [0.5, 0.6) is 11.5 Å². The highest BCUT2D eigenvalue weighted by Crippen LogP contribution is 2.29. The van der Waals surface area contributed by atoms with Gasteiger partial charge >= 0.3 is 0 Å². The van der Waals surface area contributed by atoms with Crippen molar-refractivity contribution in [2.45, 2.75) is 37.7 Å². The summed E-state index contributed by atoms with van der Waals surface area (Å²) >= 11 is 1.59. The Hall–Kier alpha value is -4.11. The largest absolute Gasteiger partial charge is 0.493 e. The van der Waals surface area contributed by atoms with Gasteiger partial charge in [-0.05, 0) is 67.8 Å². The van der Waals surface area contributed by atoms with E-state index in [2.05, 4.69) is 35.2 Å². The SMILES string of the molecule is COc1ccc(CCN(C)c2nc(SCc3ccc(C(=O)NCc4ccccn4)cc3)nc(C)c2C)cc1OC. The van der Waals surface area contributed by atoms with E-state index >= 15 is 0 Å². The predicted octanol–water partition coefficient (Wildman–Crippen LogP) is 5.41. The van der Waals surface area contributed by atoms with Crippen molar-refractivity contribution in [2.24, 2.45) is 0 Å². The number of methoxy groups -OCH3 is 2. The monoisotopic (exact) mass is 557 g/mol. The van der Waals surface area contributed by atoms with Crippen LogP contribution in [0, 0.1) is 13.8 Å². The molecule has 40 heavy (non-hydrogen) atoms. The molecule has 2 aromatic carbocycles. The summed E-state index contributed by atoms with van der Waals surface area (Å²) in [6.45, 7) is 5.27. The fourth-order valence-electron chi connectivity index (χ4n) is 4.14.